The van der Waals surface area contributed by atoms with Crippen molar-refractivity contribution in [2.75, 3.05) is 19.7 Å². The molecule has 35 heavy (non-hydrogen) atoms. The number of likely N-dealkylation sites (tertiary alicyclic amines) is 1. The number of carbonyl (C=O) groups excluding carboxylic acids is 2. The maximum absolute atomic E-state index is 13.2. The number of hydrogen-bond acceptors (Lipinski definition) is 4. The van der Waals surface area contributed by atoms with Gasteiger partial charge in [0.1, 0.15) is 12.6 Å². The number of hydrogen-bond donors (Lipinski definition) is 2. The summed E-state index contributed by atoms with van der Waals surface area (Å²) in [5.41, 5.74) is 4.57. The van der Waals surface area contributed by atoms with Crippen LogP contribution in [0, 0.1) is 5.92 Å². The first-order valence-corrected chi connectivity index (χ1v) is 12.2. The quantitative estimate of drug-likeness (QED) is 0.490. The first kappa shape index (κ1) is 24.5. The van der Waals surface area contributed by atoms with Crippen molar-refractivity contribution < 1.29 is 24.2 Å². The Balaban J connectivity index is 1.37. The second-order valence-corrected chi connectivity index (χ2v) is 9.26. The predicted molar refractivity (Wildman–Crippen MR) is 133 cm³/mol. The van der Waals surface area contributed by atoms with Crippen LogP contribution in [0.3, 0.4) is 0 Å². The van der Waals surface area contributed by atoms with Crippen LogP contribution in [0.1, 0.15) is 49.1 Å². The van der Waals surface area contributed by atoms with Gasteiger partial charge in [-0.1, -0.05) is 54.6 Å². The van der Waals surface area contributed by atoms with Crippen molar-refractivity contribution in [2.45, 2.75) is 44.1 Å². The van der Waals surface area contributed by atoms with Crippen molar-refractivity contribution >= 4 is 18.0 Å². The number of allylic oxidation sites excluding steroid dienone is 1. The summed E-state index contributed by atoms with van der Waals surface area (Å²) in [6.45, 7) is 5.00. The molecule has 1 heterocycles. The van der Waals surface area contributed by atoms with Gasteiger partial charge in [0.05, 0.1) is 0 Å². The van der Waals surface area contributed by atoms with Crippen molar-refractivity contribution in [3.8, 4) is 11.1 Å². The number of alkyl carbamates (subject to hydrolysis) is 1. The van der Waals surface area contributed by atoms with Gasteiger partial charge in [0, 0.05) is 25.4 Å². The molecule has 2 N–H and O–H groups in total. The zero-order valence-electron chi connectivity index (χ0n) is 19.8. The van der Waals surface area contributed by atoms with E-state index in [0.717, 1.165) is 28.7 Å². The molecule has 2 amide bonds. The molecule has 1 saturated heterocycles. The van der Waals surface area contributed by atoms with E-state index in [4.69, 9.17) is 9.84 Å². The molecular weight excluding hydrogens is 444 g/mol. The van der Waals surface area contributed by atoms with Crippen LogP contribution in [0.15, 0.2) is 61.2 Å². The van der Waals surface area contributed by atoms with Crippen molar-refractivity contribution in [3.63, 3.8) is 0 Å². The average Bonchev–Trinajstić information content (AvgIpc) is 3.46. The zero-order valence-corrected chi connectivity index (χ0v) is 19.8. The summed E-state index contributed by atoms with van der Waals surface area (Å²) in [5, 5.41) is 11.7. The van der Waals surface area contributed by atoms with Gasteiger partial charge < -0.3 is 20.1 Å². The Labute approximate surface area is 205 Å². The lowest BCUT2D eigenvalue weighted by molar-refractivity contribution is -0.137. The predicted octanol–water partition coefficient (Wildman–Crippen LogP) is 4.57. The molecule has 0 bridgehead atoms. The maximum atomic E-state index is 13.2. The van der Waals surface area contributed by atoms with E-state index >= 15 is 0 Å². The molecule has 1 aliphatic heterocycles. The molecule has 1 aliphatic carbocycles. The third-order valence-corrected chi connectivity index (χ3v) is 6.96. The monoisotopic (exact) mass is 476 g/mol. The number of rotatable bonds is 10. The van der Waals surface area contributed by atoms with Gasteiger partial charge in [0.2, 0.25) is 5.91 Å². The van der Waals surface area contributed by atoms with E-state index in [1.165, 1.54) is 0 Å². The third kappa shape index (κ3) is 5.73. The molecule has 7 nitrogen and oxygen atoms in total. The van der Waals surface area contributed by atoms with Gasteiger partial charge in [0.25, 0.3) is 0 Å². The van der Waals surface area contributed by atoms with Crippen LogP contribution in [0.5, 0.6) is 0 Å². The summed E-state index contributed by atoms with van der Waals surface area (Å²) in [4.78, 5) is 38.5. The molecular formula is C28H32N2O5. The number of fused-ring (bicyclic) bond motifs is 3. The molecule has 0 aromatic heterocycles. The lowest BCUT2D eigenvalue weighted by Crippen LogP contribution is -2.48. The summed E-state index contributed by atoms with van der Waals surface area (Å²) in [6, 6.07) is 15.6. The summed E-state index contributed by atoms with van der Waals surface area (Å²) >= 11 is 0. The topological polar surface area (TPSA) is 95.9 Å². The van der Waals surface area contributed by atoms with E-state index in [1.54, 1.807) is 11.0 Å². The molecule has 0 saturated carbocycles. The van der Waals surface area contributed by atoms with E-state index in [9.17, 15) is 14.4 Å². The Kier molecular flexibility index (Phi) is 7.85. The van der Waals surface area contributed by atoms with Crippen LogP contribution in [0.2, 0.25) is 0 Å². The summed E-state index contributed by atoms with van der Waals surface area (Å²) in [7, 11) is 0. The maximum Gasteiger partial charge on any atom is 0.407 e. The normalized spacial score (nSPS) is 17.4. The van der Waals surface area contributed by atoms with Crippen molar-refractivity contribution in [3.05, 3.63) is 72.3 Å². The van der Waals surface area contributed by atoms with Gasteiger partial charge in [0.15, 0.2) is 0 Å². The molecule has 2 aliphatic rings. The number of benzene rings is 2. The number of amides is 2. The largest absolute Gasteiger partial charge is 0.481 e. The van der Waals surface area contributed by atoms with Gasteiger partial charge in [-0.2, -0.15) is 0 Å². The van der Waals surface area contributed by atoms with E-state index in [2.05, 4.69) is 36.2 Å². The van der Waals surface area contributed by atoms with Crippen LogP contribution in [0.25, 0.3) is 11.1 Å². The number of nitrogens with zero attached hydrogens (tertiary/aromatic N) is 1. The fourth-order valence-corrected chi connectivity index (χ4v) is 5.14. The third-order valence-electron chi connectivity index (χ3n) is 6.96. The van der Waals surface area contributed by atoms with Crippen LogP contribution in [-0.2, 0) is 14.3 Å². The molecule has 2 aromatic rings. The molecule has 2 aromatic carbocycles. The van der Waals surface area contributed by atoms with Gasteiger partial charge >= 0.3 is 12.1 Å². The molecule has 184 valence electrons. The van der Waals surface area contributed by atoms with Gasteiger partial charge in [-0.25, -0.2) is 4.79 Å². The van der Waals surface area contributed by atoms with Crippen LogP contribution >= 0.6 is 0 Å². The van der Waals surface area contributed by atoms with Crippen LogP contribution in [0.4, 0.5) is 4.79 Å². The average molecular weight is 477 g/mol. The minimum atomic E-state index is -0.824. The Bertz CT molecular complexity index is 1050. The number of carboxylic acids is 1. The number of nitrogens with one attached hydrogen (secondary N) is 1. The smallest absolute Gasteiger partial charge is 0.407 e. The number of carbonyl (C=O) groups is 3. The van der Waals surface area contributed by atoms with Crippen molar-refractivity contribution in [2.24, 2.45) is 5.92 Å². The molecule has 1 fully saturated rings. The molecule has 7 heteroatoms. The van der Waals surface area contributed by atoms with Crippen molar-refractivity contribution in [1.82, 2.24) is 10.2 Å². The zero-order chi connectivity index (χ0) is 24.8. The lowest BCUT2D eigenvalue weighted by Gasteiger charge is -2.24. The fourth-order valence-electron chi connectivity index (χ4n) is 5.14. The minimum Gasteiger partial charge on any atom is -0.481 e. The van der Waals surface area contributed by atoms with E-state index < -0.39 is 18.1 Å². The van der Waals surface area contributed by atoms with Crippen LogP contribution in [-0.4, -0.2) is 53.7 Å². The summed E-state index contributed by atoms with van der Waals surface area (Å²) in [6.07, 6.45) is 3.55. The first-order chi connectivity index (χ1) is 17.0. The number of carboxylic acid groups (broad SMARTS) is 1. The highest BCUT2D eigenvalue weighted by Crippen LogP contribution is 2.44. The standard InChI is InChI=1S/C28H32N2O5/c1-2-3-12-25(27(33)30-16-15-19(17-30)13-14-26(31)32)29-28(34)35-18-24-22-10-6-4-8-20(22)21-9-5-7-11-23(21)24/h2,4-11,19,24-25H,1,3,12-18H2,(H,29,34)(H,31,32). The molecule has 2 atom stereocenters. The Morgan fingerprint density at radius 2 is 1.77 bits per heavy atom. The van der Waals surface area contributed by atoms with Crippen LogP contribution < -0.4 is 5.32 Å². The SMILES string of the molecule is C=CCCC(NC(=O)OCC1c2ccccc2-c2ccccc21)C(=O)N1CCC(CCC(=O)O)C1. The highest BCUT2D eigenvalue weighted by atomic mass is 16.5. The summed E-state index contributed by atoms with van der Waals surface area (Å²) < 4.78 is 5.64. The second kappa shape index (κ2) is 11.2. The van der Waals surface area contributed by atoms with Gasteiger partial charge in [-0.3, -0.25) is 9.59 Å². The molecule has 4 rings (SSSR count). The highest BCUT2D eigenvalue weighted by Gasteiger charge is 2.33. The summed E-state index contributed by atoms with van der Waals surface area (Å²) in [5.74, 6) is -0.859. The lowest BCUT2D eigenvalue weighted by atomic mass is 9.98. The fraction of sp³-hybridized carbons (Fsp3) is 0.393. The highest BCUT2D eigenvalue weighted by molar-refractivity contribution is 5.86. The molecule has 0 radical (unpaired) electrons. The number of aliphatic carboxylic acids is 1. The molecule has 2 unspecified atom stereocenters. The Morgan fingerprint density at radius 3 is 2.40 bits per heavy atom. The first-order valence-electron chi connectivity index (χ1n) is 12.2. The van der Waals surface area contributed by atoms with E-state index in [-0.39, 0.29) is 30.8 Å². The minimum absolute atomic E-state index is 0.0518. The van der Waals surface area contributed by atoms with E-state index in [1.807, 2.05) is 24.3 Å². The van der Waals surface area contributed by atoms with Gasteiger partial charge in [-0.15, -0.1) is 6.58 Å². The Morgan fingerprint density at radius 1 is 1.11 bits per heavy atom. The van der Waals surface area contributed by atoms with Crippen molar-refractivity contribution in [1.29, 1.82) is 0 Å². The van der Waals surface area contributed by atoms with Gasteiger partial charge in [-0.05, 0) is 53.9 Å². The van der Waals surface area contributed by atoms with E-state index in [0.29, 0.717) is 32.4 Å². The second-order valence-electron chi connectivity index (χ2n) is 9.26. The molecule has 0 spiro atoms. The Hall–Kier alpha value is -3.61. The number of ether oxygens (including phenoxy) is 1.